The van der Waals surface area contributed by atoms with Gasteiger partial charge in [-0.1, -0.05) is 47.5 Å². The van der Waals surface area contributed by atoms with Crippen LogP contribution in [0.5, 0.6) is 0 Å². The van der Waals surface area contributed by atoms with Crippen molar-refractivity contribution in [1.29, 1.82) is 0 Å². The van der Waals surface area contributed by atoms with Gasteiger partial charge in [0, 0.05) is 12.7 Å². The Morgan fingerprint density at radius 1 is 1.38 bits per heavy atom. The number of aromatic nitrogens is 1. The minimum Gasteiger partial charge on any atom is -0.386 e. The standard InChI is InChI=1S/C15H16Cl2FN3O2S/c16-14(17)15(23)21-10(5-18)13(22)9-3-1-8(2-4-9)11-7-20-12(6-19)24-11/h1-4,7,10,13-14,22H,5-6,19H2,(H,21,23)/t10-,13+/m1/s1. The largest absolute Gasteiger partial charge is 0.386 e. The maximum atomic E-state index is 13.1. The molecule has 2 rings (SSSR count). The van der Waals surface area contributed by atoms with E-state index in [2.05, 4.69) is 10.3 Å². The van der Waals surface area contributed by atoms with E-state index in [0.717, 1.165) is 15.4 Å². The van der Waals surface area contributed by atoms with Gasteiger partial charge in [0.1, 0.15) is 17.8 Å². The Balaban J connectivity index is 2.12. The van der Waals surface area contributed by atoms with Gasteiger partial charge in [-0.05, 0) is 11.1 Å². The van der Waals surface area contributed by atoms with Crippen LogP contribution >= 0.6 is 34.5 Å². The van der Waals surface area contributed by atoms with E-state index in [1.165, 1.54) is 11.3 Å². The van der Waals surface area contributed by atoms with E-state index in [4.69, 9.17) is 28.9 Å². The maximum Gasteiger partial charge on any atom is 0.253 e. The van der Waals surface area contributed by atoms with Crippen molar-refractivity contribution < 1.29 is 14.3 Å². The smallest absolute Gasteiger partial charge is 0.253 e. The van der Waals surface area contributed by atoms with Gasteiger partial charge < -0.3 is 16.2 Å². The number of nitrogens with two attached hydrogens (primary N) is 1. The highest BCUT2D eigenvalue weighted by Crippen LogP contribution is 2.28. The number of aliphatic hydroxyl groups excluding tert-OH is 1. The number of carbonyl (C=O) groups is 1. The van der Waals surface area contributed by atoms with Crippen molar-refractivity contribution in [2.75, 3.05) is 6.67 Å². The number of hydrogen-bond donors (Lipinski definition) is 3. The third kappa shape index (κ3) is 4.64. The summed E-state index contributed by atoms with van der Waals surface area (Å²) in [6.07, 6.45) is 0.505. The predicted molar refractivity (Wildman–Crippen MR) is 93.8 cm³/mol. The summed E-state index contributed by atoms with van der Waals surface area (Å²) >= 11 is 12.3. The lowest BCUT2D eigenvalue weighted by molar-refractivity contribution is -0.121. The summed E-state index contributed by atoms with van der Waals surface area (Å²) in [5.74, 6) is -0.754. The van der Waals surface area contributed by atoms with Crippen LogP contribution in [0.3, 0.4) is 0 Å². The number of carbonyl (C=O) groups excluding carboxylic acids is 1. The molecule has 0 aliphatic heterocycles. The van der Waals surface area contributed by atoms with Gasteiger partial charge in [-0.3, -0.25) is 4.79 Å². The number of alkyl halides is 3. The molecule has 2 atom stereocenters. The Labute approximate surface area is 152 Å². The van der Waals surface area contributed by atoms with Gasteiger partial charge >= 0.3 is 0 Å². The number of amides is 1. The van der Waals surface area contributed by atoms with Crippen molar-refractivity contribution in [2.24, 2.45) is 5.73 Å². The topological polar surface area (TPSA) is 88.2 Å². The summed E-state index contributed by atoms with van der Waals surface area (Å²) in [6, 6.07) is 5.77. The van der Waals surface area contributed by atoms with E-state index in [1.807, 2.05) is 0 Å². The summed E-state index contributed by atoms with van der Waals surface area (Å²) in [5.41, 5.74) is 6.91. The second kappa shape index (κ2) is 8.73. The SMILES string of the molecule is NCc1ncc(-c2ccc([C@H](O)[C@@H](CF)NC(=O)C(Cl)Cl)cc2)s1. The molecule has 2 aromatic rings. The highest BCUT2D eigenvalue weighted by atomic mass is 35.5. The van der Waals surface area contributed by atoms with Crippen molar-refractivity contribution in [3.05, 3.63) is 41.0 Å². The van der Waals surface area contributed by atoms with Gasteiger partial charge in [-0.15, -0.1) is 11.3 Å². The Morgan fingerprint density at radius 2 is 2.04 bits per heavy atom. The second-order valence-corrected chi connectivity index (χ2v) is 7.17. The van der Waals surface area contributed by atoms with Crippen molar-refractivity contribution in [3.63, 3.8) is 0 Å². The van der Waals surface area contributed by atoms with Crippen LogP contribution in [-0.4, -0.2) is 33.6 Å². The number of aliphatic hydroxyl groups is 1. The van der Waals surface area contributed by atoms with E-state index < -0.39 is 29.6 Å². The minimum atomic E-state index is -1.32. The average molecular weight is 392 g/mol. The number of hydrogen-bond acceptors (Lipinski definition) is 5. The molecule has 24 heavy (non-hydrogen) atoms. The van der Waals surface area contributed by atoms with Crippen LogP contribution in [-0.2, 0) is 11.3 Å². The molecule has 1 amide bonds. The number of rotatable bonds is 7. The van der Waals surface area contributed by atoms with Crippen molar-refractivity contribution in [3.8, 4) is 10.4 Å². The lowest BCUT2D eigenvalue weighted by Gasteiger charge is -2.22. The molecule has 0 radical (unpaired) electrons. The molecule has 1 heterocycles. The third-order valence-electron chi connectivity index (χ3n) is 3.34. The molecule has 0 unspecified atom stereocenters. The number of benzene rings is 1. The third-order valence-corrected chi connectivity index (χ3v) is 4.80. The molecule has 5 nitrogen and oxygen atoms in total. The molecule has 9 heteroatoms. The molecule has 130 valence electrons. The highest BCUT2D eigenvalue weighted by molar-refractivity contribution is 7.15. The Kier molecular flexibility index (Phi) is 6.94. The normalized spacial score (nSPS) is 13.8. The number of thiazole rings is 1. The zero-order chi connectivity index (χ0) is 17.7. The zero-order valence-corrected chi connectivity index (χ0v) is 14.8. The van der Waals surface area contributed by atoms with Gasteiger partial charge in [0.2, 0.25) is 0 Å². The van der Waals surface area contributed by atoms with E-state index in [1.54, 1.807) is 30.5 Å². The number of nitrogens with zero attached hydrogens (tertiary/aromatic N) is 1. The minimum absolute atomic E-state index is 0.376. The molecule has 0 bridgehead atoms. The monoisotopic (exact) mass is 391 g/mol. The molecule has 0 saturated carbocycles. The van der Waals surface area contributed by atoms with Crippen LogP contribution in [0.1, 0.15) is 16.7 Å². The average Bonchev–Trinajstić information content (AvgIpc) is 3.08. The molecular formula is C15H16Cl2FN3O2S. The fourth-order valence-electron chi connectivity index (χ4n) is 2.06. The first kappa shape index (κ1) is 19.1. The van der Waals surface area contributed by atoms with Gasteiger partial charge in [0.05, 0.1) is 10.9 Å². The predicted octanol–water partition coefficient (Wildman–Crippen LogP) is 2.56. The molecule has 1 aromatic heterocycles. The van der Waals surface area contributed by atoms with Crippen LogP contribution in [0, 0.1) is 0 Å². The molecule has 0 aliphatic carbocycles. The second-order valence-electron chi connectivity index (χ2n) is 4.96. The molecule has 0 fully saturated rings. The fourth-order valence-corrected chi connectivity index (χ4v) is 2.99. The van der Waals surface area contributed by atoms with Gasteiger partial charge in [0.15, 0.2) is 4.84 Å². The first-order valence-electron chi connectivity index (χ1n) is 7.04. The van der Waals surface area contributed by atoms with Crippen LogP contribution in [0.25, 0.3) is 10.4 Å². The molecule has 0 saturated heterocycles. The summed E-state index contributed by atoms with van der Waals surface area (Å²) in [6.45, 7) is -0.578. The fraction of sp³-hybridized carbons (Fsp3) is 0.333. The molecule has 4 N–H and O–H groups in total. The van der Waals surface area contributed by atoms with Crippen molar-refractivity contribution >= 4 is 40.4 Å². The van der Waals surface area contributed by atoms with E-state index >= 15 is 0 Å². The van der Waals surface area contributed by atoms with Crippen LogP contribution < -0.4 is 11.1 Å². The first-order valence-corrected chi connectivity index (χ1v) is 8.72. The molecule has 0 aliphatic rings. The Bertz CT molecular complexity index is 682. The van der Waals surface area contributed by atoms with Gasteiger partial charge in [-0.25, -0.2) is 9.37 Å². The Morgan fingerprint density at radius 3 is 2.54 bits per heavy atom. The maximum absolute atomic E-state index is 13.1. The van der Waals surface area contributed by atoms with Gasteiger partial charge in [-0.2, -0.15) is 0 Å². The van der Waals surface area contributed by atoms with Crippen molar-refractivity contribution in [1.82, 2.24) is 10.3 Å². The van der Waals surface area contributed by atoms with Crippen molar-refractivity contribution in [2.45, 2.75) is 23.5 Å². The molecule has 1 aromatic carbocycles. The summed E-state index contributed by atoms with van der Waals surface area (Å²) < 4.78 is 13.1. The quantitative estimate of drug-likeness (QED) is 0.632. The molecule has 0 spiro atoms. The van der Waals surface area contributed by atoms with Crippen LogP contribution in [0.15, 0.2) is 30.5 Å². The highest BCUT2D eigenvalue weighted by Gasteiger charge is 2.25. The van der Waals surface area contributed by atoms with Gasteiger partial charge in [0.25, 0.3) is 5.91 Å². The lowest BCUT2D eigenvalue weighted by atomic mass is 10.0. The number of halogens is 3. The van der Waals surface area contributed by atoms with Crippen LogP contribution in [0.4, 0.5) is 4.39 Å². The summed E-state index contributed by atoms with van der Waals surface area (Å²) in [5, 5.41) is 13.3. The zero-order valence-electron chi connectivity index (χ0n) is 12.5. The Hall–Kier alpha value is -1.25. The van der Waals surface area contributed by atoms with E-state index in [0.29, 0.717) is 12.1 Å². The number of nitrogens with one attached hydrogen (secondary N) is 1. The first-order chi connectivity index (χ1) is 11.5. The summed E-state index contributed by atoms with van der Waals surface area (Å²) in [7, 11) is 0. The lowest BCUT2D eigenvalue weighted by Crippen LogP contribution is -2.43. The van der Waals surface area contributed by atoms with E-state index in [-0.39, 0.29) is 0 Å². The van der Waals surface area contributed by atoms with Crippen LogP contribution in [0.2, 0.25) is 0 Å². The molecular weight excluding hydrogens is 376 g/mol. The van der Waals surface area contributed by atoms with E-state index in [9.17, 15) is 14.3 Å². The summed E-state index contributed by atoms with van der Waals surface area (Å²) in [4.78, 5) is 15.3.